The second kappa shape index (κ2) is 10.2. The molecule has 14 heteroatoms. The van der Waals surface area contributed by atoms with Crippen LogP contribution in [0.1, 0.15) is 27.7 Å². The maximum atomic E-state index is 11.9. The average molecular weight is 465 g/mol. The second-order valence-corrected chi connectivity index (χ2v) is 7.10. The van der Waals surface area contributed by atoms with Gasteiger partial charge in [-0.15, -0.1) is 0 Å². The van der Waals surface area contributed by atoms with Crippen LogP contribution >= 0.6 is 0 Å². The molecule has 1 aliphatic rings. The van der Waals surface area contributed by atoms with E-state index in [0.29, 0.717) is 11.2 Å². The van der Waals surface area contributed by atoms with E-state index in [4.69, 9.17) is 23.7 Å². The molecule has 1 aliphatic heterocycles. The Kier molecular flexibility index (Phi) is 7.37. The summed E-state index contributed by atoms with van der Waals surface area (Å²) >= 11 is 0. The summed E-state index contributed by atoms with van der Waals surface area (Å²) in [6, 6.07) is -1.09. The van der Waals surface area contributed by atoms with E-state index in [-0.39, 0.29) is 12.4 Å². The van der Waals surface area contributed by atoms with Gasteiger partial charge in [0.1, 0.15) is 30.6 Å². The zero-order valence-electron chi connectivity index (χ0n) is 18.3. The molecular formula is C19H23N5O9. The van der Waals surface area contributed by atoms with Crippen molar-refractivity contribution in [2.24, 2.45) is 0 Å². The number of carbonyl (C=O) groups excluding carboxylic acids is 4. The molecule has 2 aromatic heterocycles. The highest BCUT2D eigenvalue weighted by atomic mass is 16.7. The SMILES string of the molecule is CC(=O)OC[C@@H]1O[C@@H](OC(C)=O)[C@@H](Nc2ncnc3nc[nH]c23)[C@@H](OC(C)=O)[C@H]1OC(C)=O. The van der Waals surface area contributed by atoms with Gasteiger partial charge in [0, 0.05) is 27.7 Å². The quantitative estimate of drug-likeness (QED) is 0.407. The summed E-state index contributed by atoms with van der Waals surface area (Å²) in [6.07, 6.45) is -2.23. The van der Waals surface area contributed by atoms with Crippen LogP contribution in [0.3, 0.4) is 0 Å². The molecule has 0 aliphatic carbocycles. The molecule has 3 heterocycles. The highest BCUT2D eigenvalue weighted by Gasteiger charge is 2.52. The van der Waals surface area contributed by atoms with Crippen LogP contribution in [0.4, 0.5) is 5.82 Å². The van der Waals surface area contributed by atoms with E-state index in [9.17, 15) is 19.2 Å². The van der Waals surface area contributed by atoms with E-state index in [0.717, 1.165) is 20.8 Å². The topological polar surface area (TPSA) is 181 Å². The van der Waals surface area contributed by atoms with Crippen molar-refractivity contribution in [1.29, 1.82) is 0 Å². The average Bonchev–Trinajstić information content (AvgIpc) is 3.19. The monoisotopic (exact) mass is 465 g/mol. The van der Waals surface area contributed by atoms with Crippen LogP contribution in [0.2, 0.25) is 0 Å². The van der Waals surface area contributed by atoms with E-state index in [2.05, 4.69) is 25.3 Å². The number of rotatable bonds is 7. The molecule has 0 aromatic carbocycles. The van der Waals surface area contributed by atoms with Crippen molar-refractivity contribution in [3.63, 3.8) is 0 Å². The van der Waals surface area contributed by atoms with Crippen molar-refractivity contribution >= 4 is 40.9 Å². The van der Waals surface area contributed by atoms with Crippen molar-refractivity contribution in [2.45, 2.75) is 58.3 Å². The lowest BCUT2D eigenvalue weighted by Gasteiger charge is -2.44. The third kappa shape index (κ3) is 5.91. The van der Waals surface area contributed by atoms with Gasteiger partial charge in [0.2, 0.25) is 6.29 Å². The molecule has 0 radical (unpaired) electrons. The number of aromatic amines is 1. The molecule has 1 saturated heterocycles. The molecule has 33 heavy (non-hydrogen) atoms. The third-order valence-electron chi connectivity index (χ3n) is 4.51. The van der Waals surface area contributed by atoms with Crippen molar-refractivity contribution in [2.75, 3.05) is 11.9 Å². The maximum Gasteiger partial charge on any atom is 0.305 e. The lowest BCUT2D eigenvalue weighted by molar-refractivity contribution is -0.264. The molecule has 1 fully saturated rings. The van der Waals surface area contributed by atoms with Gasteiger partial charge in [-0.2, -0.15) is 0 Å². The Morgan fingerprint density at radius 1 is 0.939 bits per heavy atom. The molecule has 14 nitrogen and oxygen atoms in total. The minimum absolute atomic E-state index is 0.236. The molecule has 0 saturated carbocycles. The first-order chi connectivity index (χ1) is 15.7. The van der Waals surface area contributed by atoms with Crippen molar-refractivity contribution in [1.82, 2.24) is 19.9 Å². The first-order valence-electron chi connectivity index (χ1n) is 9.86. The van der Waals surface area contributed by atoms with Gasteiger partial charge in [-0.1, -0.05) is 0 Å². The molecular weight excluding hydrogens is 442 g/mol. The molecule has 3 rings (SSSR count). The number of carbonyl (C=O) groups is 4. The second-order valence-electron chi connectivity index (χ2n) is 7.10. The number of imidazole rings is 1. The summed E-state index contributed by atoms with van der Waals surface area (Å²) < 4.78 is 27.0. The molecule has 0 spiro atoms. The number of anilines is 1. The number of hydrogen-bond acceptors (Lipinski definition) is 13. The number of hydrogen-bond donors (Lipinski definition) is 2. The minimum Gasteiger partial charge on any atom is -0.463 e. The highest BCUT2D eigenvalue weighted by molar-refractivity contribution is 5.82. The number of H-pyrrole nitrogens is 1. The van der Waals surface area contributed by atoms with Crippen LogP contribution in [-0.2, 0) is 42.9 Å². The Morgan fingerprint density at radius 3 is 2.24 bits per heavy atom. The first kappa shape index (κ1) is 23.8. The lowest BCUT2D eigenvalue weighted by Crippen LogP contribution is -2.64. The highest BCUT2D eigenvalue weighted by Crippen LogP contribution is 2.30. The van der Waals surface area contributed by atoms with Gasteiger partial charge < -0.3 is 34.0 Å². The van der Waals surface area contributed by atoms with E-state index in [1.165, 1.54) is 19.6 Å². The van der Waals surface area contributed by atoms with Gasteiger partial charge in [-0.25, -0.2) is 15.0 Å². The lowest BCUT2D eigenvalue weighted by atomic mass is 9.96. The van der Waals surface area contributed by atoms with E-state index in [1.54, 1.807) is 0 Å². The van der Waals surface area contributed by atoms with Crippen molar-refractivity contribution < 1.29 is 42.9 Å². The van der Waals surface area contributed by atoms with Crippen LogP contribution in [0.15, 0.2) is 12.7 Å². The number of fused-ring (bicyclic) bond motifs is 1. The van der Waals surface area contributed by atoms with E-state index >= 15 is 0 Å². The Hall–Kier alpha value is -3.81. The van der Waals surface area contributed by atoms with Gasteiger partial charge >= 0.3 is 23.9 Å². The largest absolute Gasteiger partial charge is 0.463 e. The van der Waals surface area contributed by atoms with Crippen LogP contribution in [0, 0.1) is 0 Å². The van der Waals surface area contributed by atoms with Crippen LogP contribution in [0.5, 0.6) is 0 Å². The third-order valence-corrected chi connectivity index (χ3v) is 4.51. The summed E-state index contributed by atoms with van der Waals surface area (Å²) in [7, 11) is 0. The fraction of sp³-hybridized carbons (Fsp3) is 0.526. The molecule has 0 unspecified atom stereocenters. The Morgan fingerprint density at radius 2 is 1.61 bits per heavy atom. The zero-order valence-corrected chi connectivity index (χ0v) is 18.3. The van der Waals surface area contributed by atoms with E-state index < -0.39 is 54.5 Å². The smallest absolute Gasteiger partial charge is 0.305 e. The van der Waals surface area contributed by atoms with Crippen molar-refractivity contribution in [3.8, 4) is 0 Å². The Bertz CT molecular complexity index is 1040. The van der Waals surface area contributed by atoms with Gasteiger partial charge in [0.05, 0.1) is 6.33 Å². The van der Waals surface area contributed by atoms with Crippen molar-refractivity contribution in [3.05, 3.63) is 12.7 Å². The minimum atomic E-state index is -1.34. The predicted molar refractivity (Wildman–Crippen MR) is 107 cm³/mol. The van der Waals surface area contributed by atoms with Crippen LogP contribution in [0.25, 0.3) is 11.2 Å². The molecule has 178 valence electrons. The number of esters is 4. The number of aromatic nitrogens is 4. The number of nitrogens with one attached hydrogen (secondary N) is 2. The zero-order chi connectivity index (χ0) is 24.1. The molecule has 0 bridgehead atoms. The summed E-state index contributed by atoms with van der Waals surface area (Å²) in [5.41, 5.74) is 0.772. The van der Waals surface area contributed by atoms with Crippen LogP contribution in [-0.4, -0.2) is 81.1 Å². The maximum absolute atomic E-state index is 11.9. The van der Waals surface area contributed by atoms with Gasteiger partial charge in [-0.05, 0) is 0 Å². The number of nitrogens with zero attached hydrogens (tertiary/aromatic N) is 3. The Balaban J connectivity index is 2.03. The summed E-state index contributed by atoms with van der Waals surface area (Å²) in [6.45, 7) is 4.32. The predicted octanol–water partition coefficient (Wildman–Crippen LogP) is -0.152. The summed E-state index contributed by atoms with van der Waals surface area (Å²) in [5.74, 6) is -2.47. The molecule has 2 aromatic rings. The van der Waals surface area contributed by atoms with Gasteiger partial charge in [-0.3, -0.25) is 19.2 Å². The molecule has 2 N–H and O–H groups in total. The fourth-order valence-corrected chi connectivity index (χ4v) is 3.35. The first-order valence-corrected chi connectivity index (χ1v) is 9.86. The van der Waals surface area contributed by atoms with Gasteiger partial charge in [0.25, 0.3) is 0 Å². The number of ether oxygens (including phenoxy) is 5. The standard InChI is InChI=1S/C19H23N5O9/c1-8(25)29-5-12-15(30-9(2)26)16(31-10(3)27)13(19(33-12)32-11(4)28)24-18-14-17(21-6-20-14)22-7-23-18/h6-7,12-13,15-16,19H,5H2,1-4H3,(H2,20,21,22,23,24)/t12-,13-,15-,16+,19+/m0/s1. The Labute approximate surface area is 187 Å². The summed E-state index contributed by atoms with van der Waals surface area (Å²) in [4.78, 5) is 62.0. The van der Waals surface area contributed by atoms with Crippen LogP contribution < -0.4 is 5.32 Å². The normalized spacial score (nSPS) is 24.5. The fourth-order valence-electron chi connectivity index (χ4n) is 3.35. The van der Waals surface area contributed by atoms with Gasteiger partial charge in [0.15, 0.2) is 23.7 Å². The van der Waals surface area contributed by atoms with E-state index in [1.807, 2.05) is 0 Å². The molecule has 5 atom stereocenters. The summed E-state index contributed by atoms with van der Waals surface area (Å²) in [5, 5.41) is 3.01. The molecule has 0 amide bonds.